The lowest BCUT2D eigenvalue weighted by Gasteiger charge is -2.11. The number of nitrogens with one attached hydrogen (secondary N) is 1. The van der Waals surface area contributed by atoms with E-state index in [1.165, 1.54) is 0 Å². The number of hydrogen-bond acceptors (Lipinski definition) is 4. The Hall–Kier alpha value is -0.260. The van der Waals surface area contributed by atoms with Gasteiger partial charge < -0.3 is 9.73 Å². The number of hydrogen-bond donors (Lipinski definition) is 1. The van der Waals surface area contributed by atoms with Crippen LogP contribution in [0.4, 0.5) is 0 Å². The molecule has 3 nitrogen and oxygen atoms in total. The first-order chi connectivity index (χ1) is 8.11. The normalized spacial score (nSPS) is 14.8. The Morgan fingerprint density at radius 1 is 1.47 bits per heavy atom. The molecule has 0 spiro atoms. The summed E-state index contributed by atoms with van der Waals surface area (Å²) in [7, 11) is -0.699. The van der Waals surface area contributed by atoms with E-state index >= 15 is 0 Å². The Morgan fingerprint density at radius 3 is 2.82 bits per heavy atom. The van der Waals surface area contributed by atoms with Gasteiger partial charge in [-0.05, 0) is 31.7 Å². The SMILES string of the molecule is CSCc1ccc(CNC(C)CCS(C)=O)o1. The molecule has 0 aliphatic rings. The second kappa shape index (κ2) is 7.95. The van der Waals surface area contributed by atoms with Crippen LogP contribution in [0.3, 0.4) is 0 Å². The second-order valence-electron chi connectivity index (χ2n) is 4.15. The van der Waals surface area contributed by atoms with Crippen molar-refractivity contribution in [3.63, 3.8) is 0 Å². The van der Waals surface area contributed by atoms with Gasteiger partial charge in [-0.2, -0.15) is 11.8 Å². The molecule has 98 valence electrons. The van der Waals surface area contributed by atoms with Gasteiger partial charge in [-0.3, -0.25) is 4.21 Å². The fourth-order valence-corrected chi connectivity index (χ4v) is 2.58. The van der Waals surface area contributed by atoms with E-state index in [1.54, 1.807) is 18.0 Å². The van der Waals surface area contributed by atoms with Crippen molar-refractivity contribution in [2.24, 2.45) is 0 Å². The van der Waals surface area contributed by atoms with Gasteiger partial charge in [0.2, 0.25) is 0 Å². The molecule has 0 aliphatic heterocycles. The second-order valence-corrected chi connectivity index (χ2v) is 6.57. The molecule has 1 rings (SSSR count). The van der Waals surface area contributed by atoms with Crippen molar-refractivity contribution in [2.75, 3.05) is 18.3 Å². The third-order valence-corrected chi connectivity index (χ3v) is 3.85. The monoisotopic (exact) mass is 275 g/mol. The van der Waals surface area contributed by atoms with Crippen LogP contribution in [0.1, 0.15) is 24.9 Å². The van der Waals surface area contributed by atoms with Gasteiger partial charge in [0.05, 0.1) is 12.3 Å². The van der Waals surface area contributed by atoms with E-state index < -0.39 is 10.8 Å². The molecule has 1 heterocycles. The molecule has 0 fully saturated rings. The van der Waals surface area contributed by atoms with Gasteiger partial charge in [-0.15, -0.1) is 0 Å². The highest BCUT2D eigenvalue weighted by Gasteiger charge is 2.05. The summed E-state index contributed by atoms with van der Waals surface area (Å²) in [6, 6.07) is 4.41. The van der Waals surface area contributed by atoms with Gasteiger partial charge in [-0.25, -0.2) is 0 Å². The number of rotatable bonds is 8. The third kappa shape index (κ3) is 6.29. The Morgan fingerprint density at radius 2 is 2.18 bits per heavy atom. The Kier molecular flexibility index (Phi) is 6.92. The van der Waals surface area contributed by atoms with Crippen LogP contribution in [-0.2, 0) is 23.1 Å². The summed E-state index contributed by atoms with van der Waals surface area (Å²) in [6.07, 6.45) is 4.74. The zero-order chi connectivity index (χ0) is 12.7. The summed E-state index contributed by atoms with van der Waals surface area (Å²) >= 11 is 1.76. The molecule has 5 heteroatoms. The van der Waals surface area contributed by atoms with E-state index in [2.05, 4.69) is 18.5 Å². The average Bonchev–Trinajstić information content (AvgIpc) is 2.72. The van der Waals surface area contributed by atoms with Gasteiger partial charge in [-0.1, -0.05) is 0 Å². The summed E-state index contributed by atoms with van der Waals surface area (Å²) in [6.45, 7) is 2.85. The van der Waals surface area contributed by atoms with Crippen molar-refractivity contribution in [3.8, 4) is 0 Å². The van der Waals surface area contributed by atoms with Crippen molar-refractivity contribution in [3.05, 3.63) is 23.7 Å². The molecule has 1 aromatic rings. The van der Waals surface area contributed by atoms with Gasteiger partial charge >= 0.3 is 0 Å². The first-order valence-corrected chi connectivity index (χ1v) is 8.84. The van der Waals surface area contributed by atoms with Gasteiger partial charge in [0.25, 0.3) is 0 Å². The Balaban J connectivity index is 2.26. The molecule has 0 aromatic carbocycles. The van der Waals surface area contributed by atoms with Crippen LogP contribution >= 0.6 is 11.8 Å². The fraction of sp³-hybridized carbons (Fsp3) is 0.667. The maximum atomic E-state index is 11.0. The molecule has 2 unspecified atom stereocenters. The minimum absolute atomic E-state index is 0.369. The van der Waals surface area contributed by atoms with Crippen LogP contribution in [0.25, 0.3) is 0 Å². The molecule has 17 heavy (non-hydrogen) atoms. The lowest BCUT2D eigenvalue weighted by Crippen LogP contribution is -2.26. The van der Waals surface area contributed by atoms with Crippen molar-refractivity contribution in [1.29, 1.82) is 0 Å². The molecule has 0 saturated carbocycles. The van der Waals surface area contributed by atoms with E-state index in [0.29, 0.717) is 6.04 Å². The zero-order valence-corrected chi connectivity index (χ0v) is 12.3. The van der Waals surface area contributed by atoms with E-state index in [4.69, 9.17) is 4.42 Å². The number of thioether (sulfide) groups is 1. The van der Waals surface area contributed by atoms with Crippen LogP contribution in [-0.4, -0.2) is 28.5 Å². The highest BCUT2D eigenvalue weighted by Crippen LogP contribution is 2.13. The van der Waals surface area contributed by atoms with Gasteiger partial charge in [0.1, 0.15) is 11.5 Å². The summed E-state index contributed by atoms with van der Waals surface area (Å²) < 4.78 is 16.6. The largest absolute Gasteiger partial charge is 0.464 e. The highest BCUT2D eigenvalue weighted by atomic mass is 32.2. The molecule has 2 atom stereocenters. The smallest absolute Gasteiger partial charge is 0.118 e. The quantitative estimate of drug-likeness (QED) is 0.791. The summed E-state index contributed by atoms with van der Waals surface area (Å²) in [4.78, 5) is 0. The summed E-state index contributed by atoms with van der Waals surface area (Å²) in [5.41, 5.74) is 0. The van der Waals surface area contributed by atoms with E-state index in [9.17, 15) is 4.21 Å². The predicted molar refractivity (Wildman–Crippen MR) is 75.8 cm³/mol. The summed E-state index contributed by atoms with van der Waals surface area (Å²) in [5, 5.41) is 3.37. The standard InChI is InChI=1S/C12H21NO2S2/c1-10(6-7-17(3)14)13-8-11-4-5-12(15-11)9-16-2/h4-5,10,13H,6-9H2,1-3H3. The van der Waals surface area contributed by atoms with E-state index in [1.807, 2.05) is 12.1 Å². The third-order valence-electron chi connectivity index (χ3n) is 2.47. The van der Waals surface area contributed by atoms with E-state index in [0.717, 1.165) is 36.0 Å². The van der Waals surface area contributed by atoms with Crippen LogP contribution in [0.15, 0.2) is 16.5 Å². The van der Waals surface area contributed by atoms with Gasteiger partial charge in [0.15, 0.2) is 0 Å². The zero-order valence-electron chi connectivity index (χ0n) is 10.7. The molecule has 0 amide bonds. The van der Waals surface area contributed by atoms with Gasteiger partial charge in [0, 0.05) is 28.9 Å². The number of furan rings is 1. The topological polar surface area (TPSA) is 42.2 Å². The van der Waals surface area contributed by atoms with Crippen molar-refractivity contribution in [2.45, 2.75) is 31.7 Å². The maximum Gasteiger partial charge on any atom is 0.118 e. The van der Waals surface area contributed by atoms with Crippen molar-refractivity contribution >= 4 is 22.6 Å². The van der Waals surface area contributed by atoms with Crippen LogP contribution in [0.2, 0.25) is 0 Å². The highest BCUT2D eigenvalue weighted by molar-refractivity contribution is 7.97. The van der Waals surface area contributed by atoms with Crippen LogP contribution in [0.5, 0.6) is 0 Å². The van der Waals surface area contributed by atoms with Crippen LogP contribution < -0.4 is 5.32 Å². The maximum absolute atomic E-state index is 11.0. The minimum Gasteiger partial charge on any atom is -0.464 e. The molecule has 0 saturated heterocycles. The fourth-order valence-electron chi connectivity index (χ4n) is 1.46. The molecule has 0 radical (unpaired) electrons. The van der Waals surface area contributed by atoms with Crippen molar-refractivity contribution in [1.82, 2.24) is 5.32 Å². The molecular weight excluding hydrogens is 254 g/mol. The molecule has 1 aromatic heterocycles. The molecule has 0 aliphatic carbocycles. The van der Waals surface area contributed by atoms with Crippen molar-refractivity contribution < 1.29 is 8.63 Å². The first-order valence-electron chi connectivity index (χ1n) is 5.71. The molecule has 1 N–H and O–H groups in total. The Bertz CT molecular complexity index is 352. The lowest BCUT2D eigenvalue weighted by atomic mass is 10.2. The minimum atomic E-state index is -0.699. The first kappa shape index (κ1) is 14.8. The molecular formula is C12H21NO2S2. The Labute approximate surface area is 110 Å². The molecule has 0 bridgehead atoms. The summed E-state index contributed by atoms with van der Waals surface area (Å²) in [5.74, 6) is 3.67. The average molecular weight is 275 g/mol. The predicted octanol–water partition coefficient (Wildman–Crippen LogP) is 2.39. The van der Waals surface area contributed by atoms with Crippen LogP contribution in [0, 0.1) is 0 Å². The van der Waals surface area contributed by atoms with E-state index in [-0.39, 0.29) is 0 Å². The lowest BCUT2D eigenvalue weighted by molar-refractivity contribution is 0.435.